The molecule has 114 valence electrons. The Balaban J connectivity index is 2.63. The summed E-state index contributed by atoms with van der Waals surface area (Å²) in [5.41, 5.74) is 0.114. The molecule has 0 radical (unpaired) electrons. The summed E-state index contributed by atoms with van der Waals surface area (Å²) in [6.45, 7) is 11.0. The highest BCUT2D eigenvalue weighted by Gasteiger charge is 2.51. The van der Waals surface area contributed by atoms with Gasteiger partial charge in [-0.2, -0.15) is 0 Å². The van der Waals surface area contributed by atoms with Crippen molar-refractivity contribution in [2.75, 3.05) is 31.7 Å². The second-order valence-electron chi connectivity index (χ2n) is 6.18. The fraction of sp³-hybridized carbons (Fsp3) is 1.00. The van der Waals surface area contributed by atoms with E-state index < -0.39 is 9.84 Å². The zero-order valence-electron chi connectivity index (χ0n) is 13.0. The van der Waals surface area contributed by atoms with Crippen molar-refractivity contribution in [2.24, 2.45) is 5.41 Å². The molecule has 19 heavy (non-hydrogen) atoms. The van der Waals surface area contributed by atoms with Gasteiger partial charge >= 0.3 is 0 Å². The molecule has 0 unspecified atom stereocenters. The van der Waals surface area contributed by atoms with Gasteiger partial charge in [0, 0.05) is 30.9 Å². The topological polar surface area (TPSA) is 46.6 Å². The van der Waals surface area contributed by atoms with E-state index in [0.29, 0.717) is 18.7 Å². The van der Waals surface area contributed by atoms with Gasteiger partial charge in [-0.3, -0.25) is 4.90 Å². The lowest BCUT2D eigenvalue weighted by Gasteiger charge is -2.56. The Morgan fingerprint density at radius 2 is 1.89 bits per heavy atom. The highest BCUT2D eigenvalue weighted by atomic mass is 32.2. The van der Waals surface area contributed by atoms with Crippen molar-refractivity contribution in [3.05, 3.63) is 0 Å². The Labute approximate surface area is 118 Å². The van der Waals surface area contributed by atoms with Gasteiger partial charge in [0.25, 0.3) is 0 Å². The second kappa shape index (κ2) is 6.55. The Morgan fingerprint density at radius 1 is 1.26 bits per heavy atom. The zero-order chi connectivity index (χ0) is 14.7. The number of hydrogen-bond acceptors (Lipinski definition) is 4. The first-order valence-electron chi connectivity index (χ1n) is 7.25. The van der Waals surface area contributed by atoms with Crippen LogP contribution in [0.15, 0.2) is 0 Å². The standard InChI is InChI=1S/C14H29NO3S/c1-6-8-15(9-10-19(5,16)17)12-11-13(18-7-2)14(12,3)4/h12-13H,6-11H2,1-5H3/t12-,13-/m0/s1. The lowest BCUT2D eigenvalue weighted by molar-refractivity contribution is -0.148. The van der Waals surface area contributed by atoms with Crippen LogP contribution in [-0.4, -0.2) is 57.2 Å². The number of nitrogens with zero attached hydrogens (tertiary/aromatic N) is 1. The summed E-state index contributed by atoms with van der Waals surface area (Å²) in [5, 5.41) is 0. The molecule has 5 heteroatoms. The molecule has 4 nitrogen and oxygen atoms in total. The highest BCUT2D eigenvalue weighted by molar-refractivity contribution is 7.90. The van der Waals surface area contributed by atoms with Crippen LogP contribution in [0.5, 0.6) is 0 Å². The fourth-order valence-corrected chi connectivity index (χ4v) is 3.53. The molecule has 0 aliphatic heterocycles. The molecule has 0 amide bonds. The minimum atomic E-state index is -2.89. The molecule has 1 fully saturated rings. The molecule has 0 bridgehead atoms. The summed E-state index contributed by atoms with van der Waals surface area (Å²) < 4.78 is 28.4. The van der Waals surface area contributed by atoms with Gasteiger partial charge in [0.05, 0.1) is 11.9 Å². The van der Waals surface area contributed by atoms with Crippen LogP contribution in [-0.2, 0) is 14.6 Å². The number of ether oxygens (including phenoxy) is 1. The van der Waals surface area contributed by atoms with Crippen LogP contribution in [0.1, 0.15) is 40.5 Å². The molecular formula is C14H29NO3S. The zero-order valence-corrected chi connectivity index (χ0v) is 13.8. The van der Waals surface area contributed by atoms with E-state index in [1.165, 1.54) is 6.26 Å². The molecule has 1 rings (SSSR count). The molecular weight excluding hydrogens is 262 g/mol. The summed E-state index contributed by atoms with van der Waals surface area (Å²) in [7, 11) is -2.89. The summed E-state index contributed by atoms with van der Waals surface area (Å²) in [5.74, 6) is 0.249. The third kappa shape index (κ3) is 4.43. The Bertz CT molecular complexity index is 378. The van der Waals surface area contributed by atoms with Crippen LogP contribution in [0.25, 0.3) is 0 Å². The van der Waals surface area contributed by atoms with Crippen molar-refractivity contribution in [1.29, 1.82) is 0 Å². The monoisotopic (exact) mass is 291 g/mol. The van der Waals surface area contributed by atoms with Gasteiger partial charge in [0.1, 0.15) is 9.84 Å². The first-order valence-corrected chi connectivity index (χ1v) is 9.31. The SMILES string of the molecule is CCCN(CCS(C)(=O)=O)[C@H]1C[C@H](OCC)C1(C)C. The maximum atomic E-state index is 11.3. The van der Waals surface area contributed by atoms with E-state index in [9.17, 15) is 8.42 Å². The van der Waals surface area contributed by atoms with Crippen LogP contribution in [0.4, 0.5) is 0 Å². The van der Waals surface area contributed by atoms with Crippen LogP contribution in [0.3, 0.4) is 0 Å². The molecule has 0 heterocycles. The van der Waals surface area contributed by atoms with E-state index in [4.69, 9.17) is 4.74 Å². The average molecular weight is 291 g/mol. The van der Waals surface area contributed by atoms with Crippen molar-refractivity contribution in [2.45, 2.75) is 52.7 Å². The predicted octanol–water partition coefficient (Wildman–Crippen LogP) is 1.95. The van der Waals surface area contributed by atoms with E-state index in [2.05, 4.69) is 25.7 Å². The molecule has 1 saturated carbocycles. The molecule has 0 spiro atoms. The molecule has 0 aromatic heterocycles. The fourth-order valence-electron chi connectivity index (χ4n) is 2.96. The molecule has 2 atom stereocenters. The van der Waals surface area contributed by atoms with E-state index in [1.54, 1.807) is 0 Å². The maximum Gasteiger partial charge on any atom is 0.148 e. The van der Waals surface area contributed by atoms with E-state index in [0.717, 1.165) is 26.0 Å². The quantitative estimate of drug-likeness (QED) is 0.686. The Morgan fingerprint density at radius 3 is 2.32 bits per heavy atom. The molecule has 0 saturated heterocycles. The third-order valence-corrected chi connectivity index (χ3v) is 5.12. The highest BCUT2D eigenvalue weighted by Crippen LogP contribution is 2.45. The van der Waals surface area contributed by atoms with Crippen molar-refractivity contribution in [3.8, 4) is 0 Å². The van der Waals surface area contributed by atoms with Crippen LogP contribution >= 0.6 is 0 Å². The van der Waals surface area contributed by atoms with Crippen molar-refractivity contribution >= 4 is 9.84 Å². The van der Waals surface area contributed by atoms with Gasteiger partial charge in [0.15, 0.2) is 0 Å². The third-order valence-electron chi connectivity index (χ3n) is 4.19. The molecule has 1 aliphatic rings. The van der Waals surface area contributed by atoms with Gasteiger partial charge in [-0.1, -0.05) is 20.8 Å². The summed E-state index contributed by atoms with van der Waals surface area (Å²) in [6.07, 6.45) is 3.69. The lowest BCUT2D eigenvalue weighted by Crippen LogP contribution is -2.62. The lowest BCUT2D eigenvalue weighted by atomic mass is 9.63. The summed E-state index contributed by atoms with van der Waals surface area (Å²) >= 11 is 0. The largest absolute Gasteiger partial charge is 0.378 e. The Kier molecular flexibility index (Phi) is 5.83. The summed E-state index contributed by atoms with van der Waals surface area (Å²) in [6, 6.07) is 0.436. The van der Waals surface area contributed by atoms with Crippen molar-refractivity contribution in [1.82, 2.24) is 4.90 Å². The van der Waals surface area contributed by atoms with Crippen molar-refractivity contribution < 1.29 is 13.2 Å². The molecule has 0 N–H and O–H groups in total. The first-order chi connectivity index (χ1) is 8.72. The van der Waals surface area contributed by atoms with E-state index >= 15 is 0 Å². The smallest absolute Gasteiger partial charge is 0.148 e. The second-order valence-corrected chi connectivity index (χ2v) is 8.44. The van der Waals surface area contributed by atoms with Gasteiger partial charge < -0.3 is 4.74 Å². The van der Waals surface area contributed by atoms with Gasteiger partial charge in [-0.25, -0.2) is 8.42 Å². The Hall–Kier alpha value is -0.130. The van der Waals surface area contributed by atoms with Gasteiger partial charge in [-0.05, 0) is 26.3 Å². The van der Waals surface area contributed by atoms with Crippen LogP contribution in [0, 0.1) is 5.41 Å². The molecule has 1 aliphatic carbocycles. The number of sulfone groups is 1. The first kappa shape index (κ1) is 16.9. The number of hydrogen-bond donors (Lipinski definition) is 0. The van der Waals surface area contributed by atoms with Gasteiger partial charge in [0.2, 0.25) is 0 Å². The minimum absolute atomic E-state index is 0.114. The maximum absolute atomic E-state index is 11.3. The van der Waals surface area contributed by atoms with E-state index in [1.807, 2.05) is 6.92 Å². The van der Waals surface area contributed by atoms with Crippen molar-refractivity contribution in [3.63, 3.8) is 0 Å². The molecule has 0 aromatic rings. The average Bonchev–Trinajstić information content (AvgIpc) is 2.29. The van der Waals surface area contributed by atoms with Crippen LogP contribution < -0.4 is 0 Å². The molecule has 0 aromatic carbocycles. The van der Waals surface area contributed by atoms with Crippen LogP contribution in [0.2, 0.25) is 0 Å². The predicted molar refractivity (Wildman–Crippen MR) is 79.2 cm³/mol. The normalized spacial score (nSPS) is 26.4. The van der Waals surface area contributed by atoms with Gasteiger partial charge in [-0.15, -0.1) is 0 Å². The summed E-state index contributed by atoms with van der Waals surface area (Å²) in [4.78, 5) is 2.33. The van der Waals surface area contributed by atoms with E-state index in [-0.39, 0.29) is 11.2 Å². The number of rotatable bonds is 8. The minimum Gasteiger partial charge on any atom is -0.378 e.